The van der Waals surface area contributed by atoms with Gasteiger partial charge in [-0.3, -0.25) is 9.78 Å². The molecule has 1 aromatic heterocycles. The zero-order valence-corrected chi connectivity index (χ0v) is 10.6. The molecule has 0 aliphatic carbocycles. The fraction of sp³-hybridized carbons (Fsp3) is 0.0769. The van der Waals surface area contributed by atoms with Crippen molar-refractivity contribution in [2.75, 3.05) is 17.7 Å². The standard InChI is InChI=1S/C13H12ClN3O/c1-17(12-7-10(14)4-5-11(12)15)13(18)9-3-2-6-16-8-9/h2-8H,15H2,1H3. The second kappa shape index (κ2) is 5.06. The molecule has 1 aromatic carbocycles. The molecule has 0 aliphatic heterocycles. The van der Waals surface area contributed by atoms with Gasteiger partial charge in [0.05, 0.1) is 16.9 Å². The zero-order valence-electron chi connectivity index (χ0n) is 9.80. The predicted octanol–water partition coefficient (Wildman–Crippen LogP) is 2.59. The molecule has 2 rings (SSSR count). The van der Waals surface area contributed by atoms with E-state index >= 15 is 0 Å². The van der Waals surface area contributed by atoms with Crippen molar-refractivity contribution in [3.8, 4) is 0 Å². The van der Waals surface area contributed by atoms with Gasteiger partial charge >= 0.3 is 0 Å². The average molecular weight is 262 g/mol. The Labute approximate surface area is 110 Å². The molecule has 5 heteroatoms. The van der Waals surface area contributed by atoms with Crippen LogP contribution in [0.25, 0.3) is 0 Å². The molecule has 2 aromatic rings. The van der Waals surface area contributed by atoms with E-state index in [1.54, 1.807) is 43.6 Å². The van der Waals surface area contributed by atoms with Crippen LogP contribution >= 0.6 is 11.6 Å². The van der Waals surface area contributed by atoms with Crippen molar-refractivity contribution in [1.29, 1.82) is 0 Å². The number of rotatable bonds is 2. The smallest absolute Gasteiger partial charge is 0.259 e. The van der Waals surface area contributed by atoms with Gasteiger partial charge in [-0.25, -0.2) is 0 Å². The lowest BCUT2D eigenvalue weighted by molar-refractivity contribution is 0.0993. The molecule has 0 fully saturated rings. The fourth-order valence-corrected chi connectivity index (χ4v) is 1.77. The monoisotopic (exact) mass is 261 g/mol. The van der Waals surface area contributed by atoms with Crippen LogP contribution in [-0.4, -0.2) is 17.9 Å². The van der Waals surface area contributed by atoms with E-state index in [4.69, 9.17) is 17.3 Å². The van der Waals surface area contributed by atoms with E-state index in [2.05, 4.69) is 4.98 Å². The molecule has 0 aliphatic rings. The summed E-state index contributed by atoms with van der Waals surface area (Å²) in [6.45, 7) is 0. The molecule has 2 N–H and O–H groups in total. The maximum absolute atomic E-state index is 12.2. The van der Waals surface area contributed by atoms with Crippen LogP contribution in [0.4, 0.5) is 11.4 Å². The van der Waals surface area contributed by atoms with Gasteiger partial charge in [-0.1, -0.05) is 11.6 Å². The highest BCUT2D eigenvalue weighted by Crippen LogP contribution is 2.26. The van der Waals surface area contributed by atoms with Crippen molar-refractivity contribution in [2.45, 2.75) is 0 Å². The molecule has 0 saturated carbocycles. The highest BCUT2D eigenvalue weighted by Gasteiger charge is 2.15. The summed E-state index contributed by atoms with van der Waals surface area (Å²) in [5.41, 5.74) is 7.42. The molecule has 1 heterocycles. The van der Waals surface area contributed by atoms with Gasteiger partial charge in [-0.05, 0) is 30.3 Å². The van der Waals surface area contributed by atoms with E-state index in [9.17, 15) is 4.79 Å². The van der Waals surface area contributed by atoms with E-state index in [1.807, 2.05) is 0 Å². The number of anilines is 2. The van der Waals surface area contributed by atoms with Crippen LogP contribution < -0.4 is 10.6 Å². The van der Waals surface area contributed by atoms with Crippen LogP contribution in [0.15, 0.2) is 42.7 Å². The van der Waals surface area contributed by atoms with E-state index < -0.39 is 0 Å². The molecule has 0 bridgehead atoms. The maximum Gasteiger partial charge on any atom is 0.259 e. The number of pyridine rings is 1. The second-order valence-electron chi connectivity index (χ2n) is 3.81. The first-order valence-electron chi connectivity index (χ1n) is 5.32. The molecule has 0 spiro atoms. The summed E-state index contributed by atoms with van der Waals surface area (Å²) >= 11 is 5.91. The minimum atomic E-state index is -0.183. The summed E-state index contributed by atoms with van der Waals surface area (Å²) in [6.07, 6.45) is 3.13. The van der Waals surface area contributed by atoms with E-state index in [0.29, 0.717) is 22.0 Å². The lowest BCUT2D eigenvalue weighted by atomic mass is 10.2. The predicted molar refractivity (Wildman–Crippen MR) is 72.8 cm³/mol. The molecular formula is C13H12ClN3O. The third kappa shape index (κ3) is 2.43. The van der Waals surface area contributed by atoms with Crippen molar-refractivity contribution in [2.24, 2.45) is 0 Å². The molecule has 0 radical (unpaired) electrons. The fourth-order valence-electron chi connectivity index (χ4n) is 1.60. The Morgan fingerprint density at radius 1 is 1.39 bits per heavy atom. The number of carbonyl (C=O) groups excluding carboxylic acids is 1. The number of amides is 1. The van der Waals surface area contributed by atoms with Crippen LogP contribution in [0.5, 0.6) is 0 Å². The van der Waals surface area contributed by atoms with Crippen LogP contribution in [0.2, 0.25) is 5.02 Å². The number of hydrogen-bond donors (Lipinski definition) is 1. The number of nitrogen functional groups attached to an aromatic ring is 1. The van der Waals surface area contributed by atoms with E-state index in [-0.39, 0.29) is 5.91 Å². The summed E-state index contributed by atoms with van der Waals surface area (Å²) in [5.74, 6) is -0.183. The maximum atomic E-state index is 12.2. The van der Waals surface area contributed by atoms with Crippen LogP contribution in [0.3, 0.4) is 0 Å². The Kier molecular flexibility index (Phi) is 3.48. The molecule has 0 unspecified atom stereocenters. The van der Waals surface area contributed by atoms with Crippen molar-refractivity contribution in [3.63, 3.8) is 0 Å². The van der Waals surface area contributed by atoms with Gasteiger partial charge in [0.2, 0.25) is 0 Å². The Balaban J connectivity index is 2.34. The average Bonchev–Trinajstić information content (AvgIpc) is 2.41. The van der Waals surface area contributed by atoms with Gasteiger partial charge in [0.15, 0.2) is 0 Å². The summed E-state index contributed by atoms with van der Waals surface area (Å²) < 4.78 is 0. The molecule has 92 valence electrons. The first-order valence-corrected chi connectivity index (χ1v) is 5.70. The molecule has 1 amide bonds. The molecule has 0 saturated heterocycles. The first-order chi connectivity index (χ1) is 8.59. The quantitative estimate of drug-likeness (QED) is 0.846. The van der Waals surface area contributed by atoms with E-state index in [0.717, 1.165) is 0 Å². The highest BCUT2D eigenvalue weighted by molar-refractivity contribution is 6.31. The van der Waals surface area contributed by atoms with Crippen LogP contribution in [0.1, 0.15) is 10.4 Å². The minimum Gasteiger partial charge on any atom is -0.397 e. The number of hydrogen-bond acceptors (Lipinski definition) is 3. The topological polar surface area (TPSA) is 59.2 Å². The highest BCUT2D eigenvalue weighted by atomic mass is 35.5. The van der Waals surface area contributed by atoms with Gasteiger partial charge in [0.1, 0.15) is 0 Å². The Bertz CT molecular complexity index is 572. The zero-order chi connectivity index (χ0) is 13.1. The number of nitrogens with zero attached hydrogens (tertiary/aromatic N) is 2. The van der Waals surface area contributed by atoms with Gasteiger partial charge in [-0.2, -0.15) is 0 Å². The van der Waals surface area contributed by atoms with Gasteiger partial charge in [-0.15, -0.1) is 0 Å². The molecule has 18 heavy (non-hydrogen) atoms. The van der Waals surface area contributed by atoms with Gasteiger partial charge in [0, 0.05) is 24.5 Å². The number of benzene rings is 1. The third-order valence-corrected chi connectivity index (χ3v) is 2.80. The summed E-state index contributed by atoms with van der Waals surface area (Å²) in [7, 11) is 1.65. The summed E-state index contributed by atoms with van der Waals surface area (Å²) in [5, 5.41) is 0.532. The van der Waals surface area contributed by atoms with Crippen LogP contribution in [0, 0.1) is 0 Å². The van der Waals surface area contributed by atoms with Gasteiger partial charge < -0.3 is 10.6 Å². The van der Waals surface area contributed by atoms with Crippen molar-refractivity contribution in [3.05, 3.63) is 53.3 Å². The Morgan fingerprint density at radius 3 is 2.83 bits per heavy atom. The van der Waals surface area contributed by atoms with Crippen molar-refractivity contribution >= 4 is 28.9 Å². The second-order valence-corrected chi connectivity index (χ2v) is 4.25. The molecule has 0 atom stereocenters. The molecular weight excluding hydrogens is 250 g/mol. The number of halogens is 1. The first kappa shape index (κ1) is 12.4. The number of nitrogens with two attached hydrogens (primary N) is 1. The summed E-state index contributed by atoms with van der Waals surface area (Å²) in [6, 6.07) is 8.42. The lowest BCUT2D eigenvalue weighted by Crippen LogP contribution is -2.27. The minimum absolute atomic E-state index is 0.183. The van der Waals surface area contributed by atoms with Crippen LogP contribution in [-0.2, 0) is 0 Å². The Morgan fingerprint density at radius 2 is 2.17 bits per heavy atom. The number of aromatic nitrogens is 1. The third-order valence-electron chi connectivity index (χ3n) is 2.57. The van der Waals surface area contributed by atoms with Crippen molar-refractivity contribution < 1.29 is 4.79 Å². The normalized spacial score (nSPS) is 10.1. The Hall–Kier alpha value is -2.07. The van der Waals surface area contributed by atoms with E-state index in [1.165, 1.54) is 11.1 Å². The summed E-state index contributed by atoms with van der Waals surface area (Å²) in [4.78, 5) is 17.6. The lowest BCUT2D eigenvalue weighted by Gasteiger charge is -2.19. The molecule has 4 nitrogen and oxygen atoms in total. The largest absolute Gasteiger partial charge is 0.397 e. The SMILES string of the molecule is CN(C(=O)c1cccnc1)c1cc(Cl)ccc1N. The van der Waals surface area contributed by atoms with Gasteiger partial charge in [0.25, 0.3) is 5.91 Å². The van der Waals surface area contributed by atoms with Crippen molar-refractivity contribution in [1.82, 2.24) is 4.98 Å². The number of carbonyl (C=O) groups is 1.